The van der Waals surface area contributed by atoms with E-state index in [1.165, 1.54) is 10.9 Å². The average molecular weight is 374 g/mol. The monoisotopic (exact) mass is 373 g/mol. The van der Waals surface area contributed by atoms with E-state index in [2.05, 4.69) is 54.4 Å². The van der Waals surface area contributed by atoms with Crippen LogP contribution in [0.3, 0.4) is 0 Å². The van der Waals surface area contributed by atoms with Gasteiger partial charge in [0, 0.05) is 27.2 Å². The Balaban J connectivity index is 1.94. The summed E-state index contributed by atoms with van der Waals surface area (Å²) in [5.41, 5.74) is 6.90. The number of ether oxygens (including phenoxy) is 1. The van der Waals surface area contributed by atoms with E-state index in [0.29, 0.717) is 0 Å². The predicted octanol–water partition coefficient (Wildman–Crippen LogP) is 6.73. The molecule has 0 aliphatic carbocycles. The molecule has 0 unspecified atom stereocenters. The topological polar surface area (TPSA) is 25.0 Å². The third-order valence-corrected chi connectivity index (χ3v) is 5.00. The molecule has 0 aliphatic heterocycles. The number of nitrogens with one attached hydrogen (secondary N) is 1. The second kappa shape index (κ2) is 7.34. The molecule has 4 aromatic rings. The number of hydrogen-bond donors (Lipinski definition) is 1. The van der Waals surface area contributed by atoms with Gasteiger partial charge in [-0.1, -0.05) is 54.1 Å². The molecule has 0 spiro atoms. The van der Waals surface area contributed by atoms with Crippen LogP contribution >= 0.6 is 11.6 Å². The van der Waals surface area contributed by atoms with Crippen LogP contribution in [0.15, 0.2) is 72.8 Å². The van der Waals surface area contributed by atoms with Gasteiger partial charge in [0.25, 0.3) is 0 Å². The van der Waals surface area contributed by atoms with Gasteiger partial charge in [-0.05, 0) is 60.0 Å². The van der Waals surface area contributed by atoms with Crippen molar-refractivity contribution in [2.45, 2.75) is 6.92 Å². The summed E-state index contributed by atoms with van der Waals surface area (Å²) in [6.07, 6.45) is 2.21. The summed E-state index contributed by atoms with van der Waals surface area (Å²) in [5, 5.41) is 1.95. The number of benzene rings is 3. The molecule has 0 atom stereocenters. The van der Waals surface area contributed by atoms with Crippen LogP contribution in [-0.2, 0) is 0 Å². The van der Waals surface area contributed by atoms with E-state index in [-0.39, 0.29) is 0 Å². The number of aryl methyl sites for hydroxylation is 1. The first-order valence-electron chi connectivity index (χ1n) is 8.85. The molecule has 0 saturated carbocycles. The van der Waals surface area contributed by atoms with Gasteiger partial charge in [0.1, 0.15) is 5.75 Å². The molecular formula is C24H20ClNO. The fraction of sp³-hybridized carbons (Fsp3) is 0.0833. The van der Waals surface area contributed by atoms with Gasteiger partial charge in [0.2, 0.25) is 0 Å². The molecule has 0 amide bonds. The Morgan fingerprint density at radius 2 is 1.63 bits per heavy atom. The molecule has 4 rings (SSSR count). The van der Waals surface area contributed by atoms with Crippen LogP contribution in [0, 0.1) is 6.92 Å². The van der Waals surface area contributed by atoms with Crippen LogP contribution in [0.1, 0.15) is 22.4 Å². The largest absolute Gasteiger partial charge is 0.497 e. The average Bonchev–Trinajstić information content (AvgIpc) is 3.03. The zero-order chi connectivity index (χ0) is 18.8. The highest BCUT2D eigenvalue weighted by molar-refractivity contribution is 6.30. The van der Waals surface area contributed by atoms with Crippen molar-refractivity contribution in [1.29, 1.82) is 0 Å². The Bertz CT molecular complexity index is 1110. The van der Waals surface area contributed by atoms with Crippen molar-refractivity contribution in [2.75, 3.05) is 7.11 Å². The number of halogens is 1. The summed E-state index contributed by atoms with van der Waals surface area (Å²) in [7, 11) is 1.68. The van der Waals surface area contributed by atoms with Crippen LogP contribution in [0.5, 0.6) is 5.75 Å². The Kier molecular flexibility index (Phi) is 4.74. The summed E-state index contributed by atoms with van der Waals surface area (Å²) >= 11 is 6.06. The maximum atomic E-state index is 6.06. The summed E-state index contributed by atoms with van der Waals surface area (Å²) in [6.45, 7) is 2.12. The molecule has 0 radical (unpaired) electrons. The summed E-state index contributed by atoms with van der Waals surface area (Å²) in [6, 6.07) is 24.5. The lowest BCUT2D eigenvalue weighted by atomic mass is 9.93. The van der Waals surface area contributed by atoms with Gasteiger partial charge in [-0.15, -0.1) is 0 Å². The maximum Gasteiger partial charge on any atom is 0.118 e. The molecule has 1 N–H and O–H groups in total. The van der Waals surface area contributed by atoms with Gasteiger partial charge in [-0.3, -0.25) is 0 Å². The Morgan fingerprint density at radius 3 is 2.33 bits per heavy atom. The third-order valence-electron chi connectivity index (χ3n) is 4.74. The minimum absolute atomic E-state index is 0.737. The Hall–Kier alpha value is -2.97. The standard InChI is InChI=1S/C24H20ClNO/c1-16-24(21-5-3-4-6-23(21)26-16)22(15-17-7-11-19(25)12-8-17)18-9-13-20(27-2)14-10-18/h3-15,26H,1-2H3/b22-15-. The lowest BCUT2D eigenvalue weighted by Gasteiger charge is -2.11. The lowest BCUT2D eigenvalue weighted by molar-refractivity contribution is 0.415. The van der Waals surface area contributed by atoms with Crippen LogP contribution in [0.25, 0.3) is 22.6 Å². The zero-order valence-corrected chi connectivity index (χ0v) is 16.0. The van der Waals surface area contributed by atoms with E-state index in [1.54, 1.807) is 7.11 Å². The molecule has 134 valence electrons. The molecule has 3 aromatic carbocycles. The van der Waals surface area contributed by atoms with E-state index < -0.39 is 0 Å². The fourth-order valence-electron chi connectivity index (χ4n) is 3.42. The smallest absolute Gasteiger partial charge is 0.118 e. The fourth-order valence-corrected chi connectivity index (χ4v) is 3.55. The molecule has 0 saturated heterocycles. The number of fused-ring (bicyclic) bond motifs is 1. The van der Waals surface area contributed by atoms with Crippen molar-refractivity contribution < 1.29 is 4.74 Å². The number of hydrogen-bond acceptors (Lipinski definition) is 1. The van der Waals surface area contributed by atoms with Gasteiger partial charge < -0.3 is 9.72 Å². The van der Waals surface area contributed by atoms with Gasteiger partial charge in [0.15, 0.2) is 0 Å². The van der Waals surface area contributed by atoms with E-state index in [1.807, 2.05) is 36.4 Å². The number of H-pyrrole nitrogens is 1. The number of aromatic amines is 1. The molecule has 1 heterocycles. The van der Waals surface area contributed by atoms with Crippen molar-refractivity contribution in [3.63, 3.8) is 0 Å². The van der Waals surface area contributed by atoms with Crippen LogP contribution in [-0.4, -0.2) is 12.1 Å². The van der Waals surface area contributed by atoms with Crippen molar-refractivity contribution in [3.8, 4) is 5.75 Å². The molecule has 2 nitrogen and oxygen atoms in total. The van der Waals surface area contributed by atoms with Crippen molar-refractivity contribution in [1.82, 2.24) is 4.98 Å². The van der Waals surface area contributed by atoms with Gasteiger partial charge in [-0.2, -0.15) is 0 Å². The minimum atomic E-state index is 0.737. The van der Waals surface area contributed by atoms with Crippen LogP contribution in [0.2, 0.25) is 5.02 Å². The van der Waals surface area contributed by atoms with E-state index in [4.69, 9.17) is 16.3 Å². The van der Waals surface area contributed by atoms with Gasteiger partial charge in [-0.25, -0.2) is 0 Å². The van der Waals surface area contributed by atoms with Crippen LogP contribution < -0.4 is 4.74 Å². The molecule has 0 fully saturated rings. The van der Waals surface area contributed by atoms with Gasteiger partial charge in [0.05, 0.1) is 7.11 Å². The van der Waals surface area contributed by atoms with E-state index in [0.717, 1.165) is 38.7 Å². The molecule has 0 bridgehead atoms. The quantitative estimate of drug-likeness (QED) is 0.394. The molecular weight excluding hydrogens is 354 g/mol. The molecule has 0 aliphatic rings. The molecule has 27 heavy (non-hydrogen) atoms. The first-order valence-corrected chi connectivity index (χ1v) is 9.23. The van der Waals surface area contributed by atoms with E-state index >= 15 is 0 Å². The molecule has 3 heteroatoms. The number of para-hydroxylation sites is 1. The minimum Gasteiger partial charge on any atom is -0.497 e. The Morgan fingerprint density at radius 1 is 0.926 bits per heavy atom. The van der Waals surface area contributed by atoms with Crippen molar-refractivity contribution in [3.05, 3.63) is 100 Å². The first kappa shape index (κ1) is 17.4. The lowest BCUT2D eigenvalue weighted by Crippen LogP contribution is -1.91. The maximum absolute atomic E-state index is 6.06. The SMILES string of the molecule is COc1ccc(/C(=C/c2ccc(Cl)cc2)c2c(C)[nH]c3ccccc23)cc1. The summed E-state index contributed by atoms with van der Waals surface area (Å²) in [4.78, 5) is 3.51. The summed E-state index contributed by atoms with van der Waals surface area (Å²) in [5.74, 6) is 0.847. The third kappa shape index (κ3) is 3.49. The highest BCUT2D eigenvalue weighted by Crippen LogP contribution is 2.35. The number of methoxy groups -OCH3 is 1. The normalized spacial score (nSPS) is 11.7. The van der Waals surface area contributed by atoms with E-state index in [9.17, 15) is 0 Å². The highest BCUT2D eigenvalue weighted by atomic mass is 35.5. The molecule has 1 aromatic heterocycles. The summed E-state index contributed by atoms with van der Waals surface area (Å²) < 4.78 is 5.32. The van der Waals surface area contributed by atoms with Crippen molar-refractivity contribution >= 4 is 34.2 Å². The Labute approximate surface area is 164 Å². The predicted molar refractivity (Wildman–Crippen MR) is 114 cm³/mol. The van der Waals surface area contributed by atoms with Gasteiger partial charge >= 0.3 is 0 Å². The first-order chi connectivity index (χ1) is 13.2. The second-order valence-electron chi connectivity index (χ2n) is 6.51. The zero-order valence-electron chi connectivity index (χ0n) is 15.3. The number of aromatic nitrogens is 1. The second-order valence-corrected chi connectivity index (χ2v) is 6.95. The highest BCUT2D eigenvalue weighted by Gasteiger charge is 2.14. The number of rotatable bonds is 4. The van der Waals surface area contributed by atoms with Crippen LogP contribution in [0.4, 0.5) is 0 Å². The van der Waals surface area contributed by atoms with Crippen molar-refractivity contribution in [2.24, 2.45) is 0 Å².